The maximum atomic E-state index is 14.6. The molecule has 2 aliphatic heterocycles. The molecule has 3 heterocycles. The Balaban J connectivity index is 1.36. The van der Waals surface area contributed by atoms with E-state index in [0.717, 1.165) is 31.5 Å². The quantitative estimate of drug-likeness (QED) is 0.843. The van der Waals surface area contributed by atoms with Crippen LogP contribution in [0.2, 0.25) is 0 Å². The molecule has 2 aromatic rings. The minimum atomic E-state index is -0.436. The van der Waals surface area contributed by atoms with Crippen LogP contribution < -0.4 is 10.2 Å². The van der Waals surface area contributed by atoms with E-state index in [2.05, 4.69) is 15.2 Å². The van der Waals surface area contributed by atoms with Gasteiger partial charge in [-0.05, 0) is 55.2 Å². The van der Waals surface area contributed by atoms with Crippen molar-refractivity contribution in [3.8, 4) is 0 Å². The molecule has 0 radical (unpaired) electrons. The zero-order chi connectivity index (χ0) is 20.2. The lowest BCUT2D eigenvalue weighted by Gasteiger charge is -2.29. The van der Waals surface area contributed by atoms with Crippen molar-refractivity contribution in [3.05, 3.63) is 54.1 Å². The summed E-state index contributed by atoms with van der Waals surface area (Å²) in [5.41, 5.74) is 1.99. The minimum absolute atomic E-state index is 0.0476. The predicted octanol–water partition coefficient (Wildman–Crippen LogP) is 3.20. The molecule has 2 aliphatic rings. The zero-order valence-corrected chi connectivity index (χ0v) is 16.3. The van der Waals surface area contributed by atoms with Gasteiger partial charge >= 0.3 is 0 Å². The first-order valence-corrected chi connectivity index (χ1v) is 10.1. The number of carbonyl (C=O) groups excluding carboxylic acids is 2. The minimum Gasteiger partial charge on any atom is -0.369 e. The molecule has 1 aromatic heterocycles. The summed E-state index contributed by atoms with van der Waals surface area (Å²) in [6, 6.07) is 8.54. The number of pyridine rings is 1. The number of nitrogens with one attached hydrogen (secondary N) is 1. The molecular weight excluding hydrogens is 371 g/mol. The van der Waals surface area contributed by atoms with Crippen molar-refractivity contribution < 1.29 is 14.0 Å². The van der Waals surface area contributed by atoms with E-state index in [-0.39, 0.29) is 24.1 Å². The van der Waals surface area contributed by atoms with Gasteiger partial charge in [-0.25, -0.2) is 4.39 Å². The molecule has 2 fully saturated rings. The highest BCUT2D eigenvalue weighted by Crippen LogP contribution is 2.27. The number of amides is 2. The third-order valence-corrected chi connectivity index (χ3v) is 5.62. The number of hydrogen-bond acceptors (Lipinski definition) is 4. The van der Waals surface area contributed by atoms with E-state index < -0.39 is 5.92 Å². The number of likely N-dealkylation sites (tertiary alicyclic amines) is 1. The molecule has 1 aromatic carbocycles. The van der Waals surface area contributed by atoms with E-state index in [1.54, 1.807) is 29.4 Å². The summed E-state index contributed by atoms with van der Waals surface area (Å²) < 4.78 is 14.6. The number of hydrogen-bond donors (Lipinski definition) is 1. The number of benzene rings is 1. The van der Waals surface area contributed by atoms with E-state index in [4.69, 9.17) is 0 Å². The molecular formula is C22H25FN4O2. The van der Waals surface area contributed by atoms with Crippen molar-refractivity contribution in [2.24, 2.45) is 5.92 Å². The number of anilines is 2. The van der Waals surface area contributed by atoms with Gasteiger partial charge in [-0.1, -0.05) is 0 Å². The number of piperidine rings is 1. The summed E-state index contributed by atoms with van der Waals surface area (Å²) in [6.07, 6.45) is 6.87. The highest BCUT2D eigenvalue weighted by atomic mass is 19.1. The van der Waals surface area contributed by atoms with Crippen LogP contribution in [0.5, 0.6) is 0 Å². The second-order valence-electron chi connectivity index (χ2n) is 7.73. The molecule has 0 unspecified atom stereocenters. The van der Waals surface area contributed by atoms with Gasteiger partial charge in [0.2, 0.25) is 11.8 Å². The van der Waals surface area contributed by atoms with Crippen LogP contribution in [-0.4, -0.2) is 41.3 Å². The molecule has 29 heavy (non-hydrogen) atoms. The van der Waals surface area contributed by atoms with Crippen LogP contribution in [0.25, 0.3) is 0 Å². The first-order chi connectivity index (χ1) is 14.1. The molecule has 2 amide bonds. The van der Waals surface area contributed by atoms with E-state index >= 15 is 0 Å². The van der Waals surface area contributed by atoms with Gasteiger partial charge in [0.05, 0.1) is 11.6 Å². The second-order valence-corrected chi connectivity index (χ2v) is 7.73. The second kappa shape index (κ2) is 8.59. The summed E-state index contributed by atoms with van der Waals surface area (Å²) in [4.78, 5) is 32.6. The topological polar surface area (TPSA) is 65.5 Å². The maximum Gasteiger partial charge on any atom is 0.229 e. The normalized spacial score (nSPS) is 19.5. The smallest absolute Gasteiger partial charge is 0.229 e. The Hall–Kier alpha value is -2.96. The summed E-state index contributed by atoms with van der Waals surface area (Å²) in [5, 5.41) is 2.77. The average molecular weight is 396 g/mol. The Kier molecular flexibility index (Phi) is 5.74. The van der Waals surface area contributed by atoms with E-state index in [0.29, 0.717) is 24.5 Å². The van der Waals surface area contributed by atoms with Crippen LogP contribution in [0.4, 0.5) is 15.8 Å². The average Bonchev–Trinajstić information content (AvgIpc) is 3.10. The lowest BCUT2D eigenvalue weighted by Crippen LogP contribution is -2.30. The van der Waals surface area contributed by atoms with Gasteiger partial charge in [-0.15, -0.1) is 0 Å². The van der Waals surface area contributed by atoms with Gasteiger partial charge in [0, 0.05) is 50.7 Å². The van der Waals surface area contributed by atoms with Gasteiger partial charge in [0.1, 0.15) is 5.82 Å². The Morgan fingerprint density at radius 3 is 2.62 bits per heavy atom. The monoisotopic (exact) mass is 396 g/mol. The van der Waals surface area contributed by atoms with Crippen LogP contribution in [-0.2, 0) is 16.1 Å². The largest absolute Gasteiger partial charge is 0.369 e. The zero-order valence-electron chi connectivity index (χ0n) is 16.3. The fourth-order valence-corrected chi connectivity index (χ4v) is 4.03. The molecule has 7 heteroatoms. The first kappa shape index (κ1) is 19.4. The van der Waals surface area contributed by atoms with Gasteiger partial charge < -0.3 is 15.1 Å². The molecule has 1 atom stereocenters. The number of halogens is 1. The van der Waals surface area contributed by atoms with Crippen LogP contribution in [0, 0.1) is 11.7 Å². The number of rotatable bonds is 5. The summed E-state index contributed by atoms with van der Waals surface area (Å²) >= 11 is 0. The van der Waals surface area contributed by atoms with Gasteiger partial charge in [0.25, 0.3) is 0 Å². The van der Waals surface area contributed by atoms with E-state index in [1.807, 2.05) is 12.1 Å². The van der Waals surface area contributed by atoms with E-state index in [9.17, 15) is 14.0 Å². The molecule has 0 aliphatic carbocycles. The van der Waals surface area contributed by atoms with Crippen LogP contribution in [0.15, 0.2) is 42.7 Å². The molecule has 4 rings (SSSR count). The standard InChI is InChI=1S/C22H25FN4O2/c23-19-13-18(4-5-20(19)26-10-2-1-3-11-26)25-22(29)17-12-21(28)27(15-17)14-16-6-8-24-9-7-16/h4-9,13,17H,1-3,10-12,14-15H2,(H,25,29)/t17-/m0/s1. The molecule has 1 N–H and O–H groups in total. The maximum absolute atomic E-state index is 14.6. The third-order valence-electron chi connectivity index (χ3n) is 5.62. The molecule has 0 spiro atoms. The molecule has 6 nitrogen and oxygen atoms in total. The van der Waals surface area contributed by atoms with Crippen molar-refractivity contribution in [1.29, 1.82) is 0 Å². The van der Waals surface area contributed by atoms with Crippen LogP contribution in [0.3, 0.4) is 0 Å². The highest BCUT2D eigenvalue weighted by Gasteiger charge is 2.34. The van der Waals surface area contributed by atoms with Crippen molar-refractivity contribution in [3.63, 3.8) is 0 Å². The van der Waals surface area contributed by atoms with Crippen molar-refractivity contribution in [2.75, 3.05) is 29.9 Å². The summed E-state index contributed by atoms with van der Waals surface area (Å²) in [6.45, 7) is 2.55. The number of carbonyl (C=O) groups is 2. The Morgan fingerprint density at radius 2 is 1.90 bits per heavy atom. The lowest BCUT2D eigenvalue weighted by atomic mass is 10.1. The Bertz CT molecular complexity index is 884. The summed E-state index contributed by atoms with van der Waals surface area (Å²) in [5.74, 6) is -1.06. The molecule has 152 valence electrons. The van der Waals surface area contributed by atoms with Gasteiger partial charge in [0.15, 0.2) is 0 Å². The Morgan fingerprint density at radius 1 is 1.14 bits per heavy atom. The lowest BCUT2D eigenvalue weighted by molar-refractivity contribution is -0.128. The molecule has 0 saturated carbocycles. The van der Waals surface area contributed by atoms with Gasteiger partial charge in [-0.2, -0.15) is 0 Å². The summed E-state index contributed by atoms with van der Waals surface area (Å²) in [7, 11) is 0. The molecule has 0 bridgehead atoms. The fraction of sp³-hybridized carbons (Fsp3) is 0.409. The molecule has 2 saturated heterocycles. The van der Waals surface area contributed by atoms with Gasteiger partial charge in [-0.3, -0.25) is 14.6 Å². The SMILES string of the molecule is O=C(Nc1ccc(N2CCCCC2)c(F)c1)[C@H]1CC(=O)N(Cc2ccncc2)C1. The van der Waals surface area contributed by atoms with E-state index in [1.165, 1.54) is 12.5 Å². The number of aromatic nitrogens is 1. The van der Waals surface area contributed by atoms with Crippen molar-refractivity contribution in [1.82, 2.24) is 9.88 Å². The Labute approximate surface area is 169 Å². The third kappa shape index (κ3) is 4.55. The van der Waals surface area contributed by atoms with Crippen LogP contribution >= 0.6 is 0 Å². The van der Waals surface area contributed by atoms with Crippen molar-refractivity contribution in [2.45, 2.75) is 32.2 Å². The van der Waals surface area contributed by atoms with Crippen LogP contribution in [0.1, 0.15) is 31.2 Å². The predicted molar refractivity (Wildman–Crippen MR) is 109 cm³/mol. The van der Waals surface area contributed by atoms with Crippen molar-refractivity contribution >= 4 is 23.2 Å². The number of nitrogens with zero attached hydrogens (tertiary/aromatic N) is 3. The highest BCUT2D eigenvalue weighted by molar-refractivity contribution is 5.97. The first-order valence-electron chi connectivity index (χ1n) is 10.1. The fourth-order valence-electron chi connectivity index (χ4n) is 4.03.